The van der Waals surface area contributed by atoms with Crippen LogP contribution in [0.1, 0.15) is 0 Å². The second kappa shape index (κ2) is 7.83. The van der Waals surface area contributed by atoms with Gasteiger partial charge in [0.15, 0.2) is 0 Å². The monoisotopic (exact) mass is 373 g/mol. The van der Waals surface area contributed by atoms with Gasteiger partial charge in [-0.05, 0) is 35.5 Å². The number of carbonyl (C=O) groups is 1. The molecule has 134 valence electrons. The van der Waals surface area contributed by atoms with Crippen molar-refractivity contribution in [1.82, 2.24) is 20.2 Å². The second-order valence-electron chi connectivity index (χ2n) is 5.27. The maximum atomic E-state index is 12.2. The quantitative estimate of drug-likeness (QED) is 0.714. The maximum absolute atomic E-state index is 12.2. The highest BCUT2D eigenvalue weighted by Crippen LogP contribution is 2.27. The van der Waals surface area contributed by atoms with Gasteiger partial charge in [0.2, 0.25) is 11.7 Å². The molecule has 0 aliphatic heterocycles. The zero-order valence-electron chi connectivity index (χ0n) is 14.1. The summed E-state index contributed by atoms with van der Waals surface area (Å²) in [7, 11) is 3.11. The largest absolute Gasteiger partial charge is 0.497 e. The summed E-state index contributed by atoms with van der Waals surface area (Å²) in [6.45, 7) is -0.0827. The Morgan fingerprint density at radius 3 is 2.77 bits per heavy atom. The number of methoxy groups -OCH3 is 2. The number of amides is 1. The van der Waals surface area contributed by atoms with E-state index >= 15 is 0 Å². The van der Waals surface area contributed by atoms with Gasteiger partial charge in [-0.15, -0.1) is 10.2 Å². The summed E-state index contributed by atoms with van der Waals surface area (Å²) in [6, 6.07) is 12.3. The van der Waals surface area contributed by atoms with E-state index in [9.17, 15) is 4.79 Å². The number of tetrazole rings is 1. The first-order chi connectivity index (χ1) is 12.6. The summed E-state index contributed by atoms with van der Waals surface area (Å²) >= 11 is 6.04. The molecule has 3 aromatic rings. The van der Waals surface area contributed by atoms with Crippen LogP contribution in [0.4, 0.5) is 5.69 Å². The molecule has 3 rings (SSSR count). The predicted octanol–water partition coefficient (Wildman–Crippen LogP) is 2.65. The zero-order valence-corrected chi connectivity index (χ0v) is 14.9. The summed E-state index contributed by atoms with van der Waals surface area (Å²) in [6.07, 6.45) is 0. The van der Waals surface area contributed by atoms with Crippen molar-refractivity contribution in [2.24, 2.45) is 0 Å². The van der Waals surface area contributed by atoms with Gasteiger partial charge in [-0.1, -0.05) is 23.7 Å². The minimum atomic E-state index is -0.305. The summed E-state index contributed by atoms with van der Waals surface area (Å²) in [5, 5.41) is 15.2. The molecular weight excluding hydrogens is 358 g/mol. The molecule has 0 unspecified atom stereocenters. The van der Waals surface area contributed by atoms with Crippen molar-refractivity contribution < 1.29 is 14.3 Å². The maximum Gasteiger partial charge on any atom is 0.248 e. The van der Waals surface area contributed by atoms with Gasteiger partial charge in [0.1, 0.15) is 18.0 Å². The first kappa shape index (κ1) is 17.7. The van der Waals surface area contributed by atoms with Crippen LogP contribution in [0.3, 0.4) is 0 Å². The van der Waals surface area contributed by atoms with Gasteiger partial charge in [0.05, 0.1) is 19.2 Å². The number of aromatic nitrogens is 4. The molecule has 0 bridgehead atoms. The van der Waals surface area contributed by atoms with Crippen molar-refractivity contribution in [2.45, 2.75) is 6.54 Å². The average Bonchev–Trinajstić information content (AvgIpc) is 3.10. The Balaban J connectivity index is 1.66. The molecule has 1 heterocycles. The number of halogens is 1. The summed E-state index contributed by atoms with van der Waals surface area (Å²) in [5.74, 6) is 1.32. The third kappa shape index (κ3) is 4.09. The number of ether oxygens (including phenoxy) is 2. The van der Waals surface area contributed by atoms with Crippen LogP contribution < -0.4 is 14.8 Å². The lowest BCUT2D eigenvalue weighted by molar-refractivity contribution is -0.117. The number of carbonyl (C=O) groups excluding carboxylic acids is 1. The molecule has 0 aliphatic rings. The Bertz CT molecular complexity index is 928. The van der Waals surface area contributed by atoms with Crippen LogP contribution in [0.15, 0.2) is 42.5 Å². The van der Waals surface area contributed by atoms with Crippen LogP contribution in [0.2, 0.25) is 5.02 Å². The first-order valence-corrected chi connectivity index (χ1v) is 8.02. The fraction of sp³-hybridized carbons (Fsp3) is 0.176. The fourth-order valence-electron chi connectivity index (χ4n) is 2.26. The van der Waals surface area contributed by atoms with Gasteiger partial charge in [0.25, 0.3) is 0 Å². The van der Waals surface area contributed by atoms with Crippen LogP contribution in [0.5, 0.6) is 11.5 Å². The minimum absolute atomic E-state index is 0.0827. The van der Waals surface area contributed by atoms with E-state index in [1.807, 2.05) is 18.2 Å². The van der Waals surface area contributed by atoms with Crippen molar-refractivity contribution in [2.75, 3.05) is 19.5 Å². The molecule has 0 aliphatic carbocycles. The molecule has 0 atom stereocenters. The number of anilines is 1. The van der Waals surface area contributed by atoms with Crippen LogP contribution in [0, 0.1) is 0 Å². The molecule has 26 heavy (non-hydrogen) atoms. The van der Waals surface area contributed by atoms with Crippen molar-refractivity contribution in [3.05, 3.63) is 47.5 Å². The number of benzene rings is 2. The first-order valence-electron chi connectivity index (χ1n) is 7.64. The summed E-state index contributed by atoms with van der Waals surface area (Å²) in [5.41, 5.74) is 1.30. The number of nitrogens with one attached hydrogen (secondary N) is 1. The molecule has 0 saturated heterocycles. The number of nitrogens with zero attached hydrogens (tertiary/aromatic N) is 4. The zero-order chi connectivity index (χ0) is 18.5. The molecule has 9 heteroatoms. The van der Waals surface area contributed by atoms with E-state index in [0.717, 1.165) is 5.56 Å². The van der Waals surface area contributed by atoms with E-state index in [2.05, 4.69) is 20.7 Å². The molecule has 2 aromatic carbocycles. The summed E-state index contributed by atoms with van der Waals surface area (Å²) in [4.78, 5) is 13.4. The van der Waals surface area contributed by atoms with E-state index in [-0.39, 0.29) is 12.5 Å². The molecule has 0 radical (unpaired) electrons. The van der Waals surface area contributed by atoms with Crippen LogP contribution in [-0.2, 0) is 11.3 Å². The lowest BCUT2D eigenvalue weighted by Crippen LogP contribution is -2.20. The Labute approximate surface area is 154 Å². The van der Waals surface area contributed by atoms with E-state index in [1.54, 1.807) is 31.4 Å². The average molecular weight is 374 g/mol. The van der Waals surface area contributed by atoms with Crippen LogP contribution in [-0.4, -0.2) is 40.3 Å². The molecule has 0 spiro atoms. The van der Waals surface area contributed by atoms with Crippen LogP contribution >= 0.6 is 11.6 Å². The Morgan fingerprint density at radius 1 is 1.19 bits per heavy atom. The van der Waals surface area contributed by atoms with Crippen LogP contribution in [0.25, 0.3) is 11.4 Å². The molecule has 0 fully saturated rings. The minimum Gasteiger partial charge on any atom is -0.497 e. The van der Waals surface area contributed by atoms with Gasteiger partial charge >= 0.3 is 0 Å². The second-order valence-corrected chi connectivity index (χ2v) is 5.68. The normalized spacial score (nSPS) is 10.4. The number of hydrogen-bond donors (Lipinski definition) is 1. The third-order valence-corrected chi connectivity index (χ3v) is 3.80. The number of rotatable bonds is 6. The van der Waals surface area contributed by atoms with Gasteiger partial charge in [-0.3, -0.25) is 4.79 Å². The lowest BCUT2D eigenvalue weighted by Gasteiger charge is -2.07. The van der Waals surface area contributed by atoms with Crippen molar-refractivity contribution >= 4 is 23.2 Å². The highest BCUT2D eigenvalue weighted by molar-refractivity contribution is 6.32. The number of hydrogen-bond acceptors (Lipinski definition) is 6. The van der Waals surface area contributed by atoms with Gasteiger partial charge < -0.3 is 14.8 Å². The fourth-order valence-corrected chi connectivity index (χ4v) is 2.52. The summed E-state index contributed by atoms with van der Waals surface area (Å²) < 4.78 is 10.2. The Kier molecular flexibility index (Phi) is 5.33. The van der Waals surface area contributed by atoms with Crippen molar-refractivity contribution in [3.8, 4) is 22.9 Å². The van der Waals surface area contributed by atoms with E-state index in [4.69, 9.17) is 21.1 Å². The SMILES string of the molecule is COc1cccc(-c2nnn(CC(=O)Nc3ccc(OC)c(Cl)c3)n2)c1. The van der Waals surface area contributed by atoms with E-state index in [0.29, 0.717) is 28.0 Å². The topological polar surface area (TPSA) is 91.2 Å². The third-order valence-electron chi connectivity index (χ3n) is 3.50. The predicted molar refractivity (Wildman–Crippen MR) is 96.4 cm³/mol. The van der Waals surface area contributed by atoms with E-state index < -0.39 is 0 Å². The van der Waals surface area contributed by atoms with Gasteiger partial charge in [-0.25, -0.2) is 0 Å². The molecule has 1 N–H and O–H groups in total. The van der Waals surface area contributed by atoms with Crippen molar-refractivity contribution in [3.63, 3.8) is 0 Å². The van der Waals surface area contributed by atoms with Crippen molar-refractivity contribution in [1.29, 1.82) is 0 Å². The molecule has 0 saturated carbocycles. The Morgan fingerprint density at radius 2 is 2.04 bits per heavy atom. The van der Waals surface area contributed by atoms with Gasteiger partial charge in [0, 0.05) is 11.3 Å². The smallest absolute Gasteiger partial charge is 0.248 e. The standard InChI is InChI=1S/C17H16ClN5O3/c1-25-13-5-3-4-11(8-13)17-20-22-23(21-17)10-16(24)19-12-6-7-15(26-2)14(18)9-12/h3-9H,10H2,1-2H3,(H,19,24). The molecule has 1 amide bonds. The molecule has 8 nitrogen and oxygen atoms in total. The Hall–Kier alpha value is -3.13. The van der Waals surface area contributed by atoms with Gasteiger partial charge in [-0.2, -0.15) is 4.80 Å². The highest BCUT2D eigenvalue weighted by Gasteiger charge is 2.11. The molecule has 1 aromatic heterocycles. The highest BCUT2D eigenvalue weighted by atomic mass is 35.5. The lowest BCUT2D eigenvalue weighted by atomic mass is 10.2. The van der Waals surface area contributed by atoms with E-state index in [1.165, 1.54) is 11.9 Å². The molecular formula is C17H16ClN5O3.